The number of ether oxygens (including phenoxy) is 1. The van der Waals surface area contributed by atoms with Crippen LogP contribution in [-0.2, 0) is 19.4 Å². The molecule has 1 atom stereocenters. The van der Waals surface area contributed by atoms with Crippen molar-refractivity contribution in [2.45, 2.75) is 18.2 Å². The Balaban J connectivity index is 2.57. The molecule has 0 aliphatic heterocycles. The molecule has 1 aromatic carbocycles. The van der Waals surface area contributed by atoms with Crippen molar-refractivity contribution in [3.63, 3.8) is 0 Å². The number of rotatable bonds is 7. The second kappa shape index (κ2) is 7.25. The fraction of sp³-hybridized carbons (Fsp3) is 0.462. The van der Waals surface area contributed by atoms with Gasteiger partial charge in [-0.15, -0.1) is 0 Å². The summed E-state index contributed by atoms with van der Waals surface area (Å²) >= 11 is 0. The van der Waals surface area contributed by atoms with Gasteiger partial charge < -0.3 is 9.84 Å². The average Bonchev–Trinajstić information content (AvgIpc) is 2.39. The minimum Gasteiger partial charge on any atom is -0.465 e. The Labute approximate surface area is 113 Å². The molecule has 0 radical (unpaired) electrons. The van der Waals surface area contributed by atoms with E-state index in [1.165, 1.54) is 19.1 Å². The fourth-order valence-electron chi connectivity index (χ4n) is 1.53. The van der Waals surface area contributed by atoms with Gasteiger partial charge in [-0.3, -0.25) is 4.79 Å². The summed E-state index contributed by atoms with van der Waals surface area (Å²) in [5.41, 5.74) is 0. The van der Waals surface area contributed by atoms with Crippen molar-refractivity contribution in [1.82, 2.24) is 0 Å². The third kappa shape index (κ3) is 5.40. The normalized spacial score (nSPS) is 12.9. The number of esters is 1. The summed E-state index contributed by atoms with van der Waals surface area (Å²) in [5, 5.41) is 9.12. The summed E-state index contributed by atoms with van der Waals surface area (Å²) in [4.78, 5) is 10.9. The first kappa shape index (κ1) is 15.7. The number of aliphatic hydroxyl groups is 1. The lowest BCUT2D eigenvalue weighted by atomic mass is 10.1. The molecule has 5 nitrogen and oxygen atoms in total. The first-order valence-corrected chi connectivity index (χ1v) is 7.63. The molecule has 0 heterocycles. The molecule has 1 rings (SSSR count). The Morgan fingerprint density at radius 3 is 2.47 bits per heavy atom. The average molecular weight is 286 g/mol. The van der Waals surface area contributed by atoms with Crippen LogP contribution < -0.4 is 0 Å². The van der Waals surface area contributed by atoms with Crippen LogP contribution >= 0.6 is 0 Å². The maximum atomic E-state index is 12.0. The van der Waals surface area contributed by atoms with Gasteiger partial charge in [0.1, 0.15) is 0 Å². The highest BCUT2D eigenvalue weighted by molar-refractivity contribution is 7.91. The van der Waals surface area contributed by atoms with E-state index in [2.05, 4.69) is 0 Å². The minimum atomic E-state index is -3.36. The van der Waals surface area contributed by atoms with Gasteiger partial charge in [-0.2, -0.15) is 0 Å². The lowest BCUT2D eigenvalue weighted by Crippen LogP contribution is -2.20. The van der Waals surface area contributed by atoms with Crippen LogP contribution in [0.5, 0.6) is 0 Å². The first-order chi connectivity index (χ1) is 8.95. The van der Waals surface area contributed by atoms with Gasteiger partial charge in [0.05, 0.1) is 17.3 Å². The molecule has 0 aliphatic rings. The monoisotopic (exact) mass is 286 g/mol. The van der Waals surface area contributed by atoms with Crippen molar-refractivity contribution in [2.75, 3.05) is 19.0 Å². The SMILES string of the molecule is CC(=O)OC[C@@H](CO)CCS(=O)(=O)c1ccccc1. The molecule has 0 unspecified atom stereocenters. The van der Waals surface area contributed by atoms with Crippen molar-refractivity contribution in [3.05, 3.63) is 30.3 Å². The van der Waals surface area contributed by atoms with Crippen LogP contribution in [0.2, 0.25) is 0 Å². The number of sulfone groups is 1. The zero-order valence-electron chi connectivity index (χ0n) is 10.8. The highest BCUT2D eigenvalue weighted by atomic mass is 32.2. The summed E-state index contributed by atoms with van der Waals surface area (Å²) in [6.45, 7) is 1.10. The molecule has 0 bridgehead atoms. The van der Waals surface area contributed by atoms with E-state index in [9.17, 15) is 13.2 Å². The van der Waals surface area contributed by atoms with E-state index in [1.807, 2.05) is 0 Å². The third-order valence-corrected chi connectivity index (χ3v) is 4.44. The number of aliphatic hydroxyl groups excluding tert-OH is 1. The predicted octanol–water partition coefficient (Wildman–Crippen LogP) is 1.02. The highest BCUT2D eigenvalue weighted by Gasteiger charge is 2.18. The Kier molecular flexibility index (Phi) is 5.98. The van der Waals surface area contributed by atoms with Crippen LogP contribution in [0.1, 0.15) is 13.3 Å². The smallest absolute Gasteiger partial charge is 0.302 e. The second-order valence-corrected chi connectivity index (χ2v) is 6.38. The Hall–Kier alpha value is -1.40. The molecular weight excluding hydrogens is 268 g/mol. The maximum Gasteiger partial charge on any atom is 0.302 e. The van der Waals surface area contributed by atoms with Gasteiger partial charge in [0, 0.05) is 19.4 Å². The van der Waals surface area contributed by atoms with Gasteiger partial charge in [-0.1, -0.05) is 18.2 Å². The van der Waals surface area contributed by atoms with E-state index in [0.29, 0.717) is 0 Å². The van der Waals surface area contributed by atoms with Crippen LogP contribution in [0, 0.1) is 5.92 Å². The van der Waals surface area contributed by atoms with Gasteiger partial charge >= 0.3 is 5.97 Å². The number of benzene rings is 1. The number of hydrogen-bond acceptors (Lipinski definition) is 5. The summed E-state index contributed by atoms with van der Waals surface area (Å²) in [6.07, 6.45) is 0.251. The molecule has 1 N–H and O–H groups in total. The number of carbonyl (C=O) groups is 1. The van der Waals surface area contributed by atoms with Gasteiger partial charge in [-0.25, -0.2) is 8.42 Å². The summed E-state index contributed by atoms with van der Waals surface area (Å²) < 4.78 is 28.8. The van der Waals surface area contributed by atoms with Crippen LogP contribution in [-0.4, -0.2) is 38.5 Å². The van der Waals surface area contributed by atoms with Crippen LogP contribution in [0.15, 0.2) is 35.2 Å². The largest absolute Gasteiger partial charge is 0.465 e. The summed E-state index contributed by atoms with van der Waals surface area (Å²) in [5.74, 6) is -0.879. The minimum absolute atomic E-state index is 0.0378. The van der Waals surface area contributed by atoms with E-state index < -0.39 is 15.8 Å². The van der Waals surface area contributed by atoms with E-state index in [0.717, 1.165) is 0 Å². The molecule has 0 spiro atoms. The molecule has 19 heavy (non-hydrogen) atoms. The topological polar surface area (TPSA) is 80.7 Å². The maximum absolute atomic E-state index is 12.0. The van der Waals surface area contributed by atoms with E-state index in [-0.39, 0.29) is 36.2 Å². The van der Waals surface area contributed by atoms with Gasteiger partial charge in [0.25, 0.3) is 0 Å². The molecule has 0 saturated heterocycles. The molecule has 0 saturated carbocycles. The number of hydrogen-bond donors (Lipinski definition) is 1. The Morgan fingerprint density at radius 2 is 1.95 bits per heavy atom. The van der Waals surface area contributed by atoms with Crippen LogP contribution in [0.3, 0.4) is 0 Å². The lowest BCUT2D eigenvalue weighted by molar-refractivity contribution is -0.142. The van der Waals surface area contributed by atoms with Crippen molar-refractivity contribution in [2.24, 2.45) is 5.92 Å². The quantitative estimate of drug-likeness (QED) is 0.757. The molecule has 1 aromatic rings. The Bertz CT molecular complexity index is 495. The standard InChI is InChI=1S/C13H18O5S/c1-11(15)18-10-12(9-14)7-8-19(16,17)13-5-3-2-4-6-13/h2-6,12,14H,7-10H2,1H3/t12-/m1/s1. The highest BCUT2D eigenvalue weighted by Crippen LogP contribution is 2.14. The first-order valence-electron chi connectivity index (χ1n) is 5.97. The predicted molar refractivity (Wildman–Crippen MR) is 70.3 cm³/mol. The third-order valence-electron chi connectivity index (χ3n) is 2.68. The lowest BCUT2D eigenvalue weighted by Gasteiger charge is -2.13. The molecule has 0 aliphatic carbocycles. The van der Waals surface area contributed by atoms with E-state index >= 15 is 0 Å². The van der Waals surface area contributed by atoms with Gasteiger partial charge in [-0.05, 0) is 18.6 Å². The number of carbonyl (C=O) groups excluding carboxylic acids is 1. The molecule has 106 valence electrons. The molecule has 0 amide bonds. The van der Waals surface area contributed by atoms with Crippen LogP contribution in [0.4, 0.5) is 0 Å². The van der Waals surface area contributed by atoms with E-state index in [4.69, 9.17) is 9.84 Å². The van der Waals surface area contributed by atoms with E-state index in [1.54, 1.807) is 18.2 Å². The van der Waals surface area contributed by atoms with Gasteiger partial charge in [0.15, 0.2) is 9.84 Å². The fourth-order valence-corrected chi connectivity index (χ4v) is 2.98. The summed E-state index contributed by atoms with van der Waals surface area (Å²) in [7, 11) is -3.36. The van der Waals surface area contributed by atoms with Crippen LogP contribution in [0.25, 0.3) is 0 Å². The zero-order valence-corrected chi connectivity index (χ0v) is 11.6. The summed E-state index contributed by atoms with van der Waals surface area (Å²) in [6, 6.07) is 8.14. The van der Waals surface area contributed by atoms with Crippen molar-refractivity contribution < 1.29 is 23.1 Å². The van der Waals surface area contributed by atoms with Crippen molar-refractivity contribution in [1.29, 1.82) is 0 Å². The molecule has 6 heteroatoms. The Morgan fingerprint density at radius 1 is 1.32 bits per heavy atom. The molecule has 0 fully saturated rings. The second-order valence-electron chi connectivity index (χ2n) is 4.27. The molecule has 0 aromatic heterocycles. The zero-order chi connectivity index (χ0) is 14.3. The van der Waals surface area contributed by atoms with Gasteiger partial charge in [0.2, 0.25) is 0 Å². The molecular formula is C13H18O5S. The van der Waals surface area contributed by atoms with Crippen molar-refractivity contribution >= 4 is 15.8 Å². The van der Waals surface area contributed by atoms with Crippen molar-refractivity contribution in [3.8, 4) is 0 Å².